The summed E-state index contributed by atoms with van der Waals surface area (Å²) in [6.07, 6.45) is 4.27. The van der Waals surface area contributed by atoms with Gasteiger partial charge in [0.2, 0.25) is 5.69 Å². The number of pyridine rings is 1. The average Bonchev–Trinajstić information content (AvgIpc) is 2.87. The first kappa shape index (κ1) is 26.8. The number of nitrogens with zero attached hydrogens (tertiary/aromatic N) is 1. The van der Waals surface area contributed by atoms with E-state index in [1.165, 1.54) is 77.0 Å². The highest BCUT2D eigenvalue weighted by Gasteiger charge is 2.35. The van der Waals surface area contributed by atoms with Gasteiger partial charge < -0.3 is 4.74 Å². The van der Waals surface area contributed by atoms with Crippen molar-refractivity contribution in [3.63, 3.8) is 0 Å². The first-order valence-corrected chi connectivity index (χ1v) is 14.8. The second kappa shape index (κ2) is 8.80. The highest BCUT2D eigenvalue weighted by atomic mass is 16.5. The smallest absolute Gasteiger partial charge is 0.228 e. The van der Waals surface area contributed by atoms with E-state index in [0.29, 0.717) is 0 Å². The Morgan fingerprint density at radius 3 is 1.93 bits per heavy atom. The summed E-state index contributed by atoms with van der Waals surface area (Å²) in [4.78, 5) is 0. The first-order valence-electron chi connectivity index (χ1n) is 14.8. The van der Waals surface area contributed by atoms with Crippen LogP contribution in [-0.4, -0.2) is 0 Å². The molecule has 0 bridgehead atoms. The first-order chi connectivity index (χ1) is 18.7. The molecule has 2 heteroatoms. The summed E-state index contributed by atoms with van der Waals surface area (Å²) in [7, 11) is 2.19. The summed E-state index contributed by atoms with van der Waals surface area (Å²) >= 11 is 0. The number of fused-ring (bicyclic) bond motifs is 5. The molecule has 0 atom stereocenters. The van der Waals surface area contributed by atoms with E-state index in [0.717, 1.165) is 24.3 Å². The predicted molar refractivity (Wildman–Crippen MR) is 171 cm³/mol. The molecule has 1 aliphatic heterocycles. The Hall–Kier alpha value is -3.39. The van der Waals surface area contributed by atoms with E-state index in [-0.39, 0.29) is 10.8 Å². The Labute approximate surface area is 240 Å². The van der Waals surface area contributed by atoms with Gasteiger partial charge in [-0.3, -0.25) is 0 Å². The van der Waals surface area contributed by atoms with Crippen LogP contribution in [0.25, 0.3) is 43.6 Å². The Balaban J connectivity index is 1.78. The van der Waals surface area contributed by atoms with Gasteiger partial charge in [0.05, 0.1) is 10.9 Å². The van der Waals surface area contributed by atoms with E-state index < -0.39 is 0 Å². The highest BCUT2D eigenvalue weighted by Crippen LogP contribution is 2.53. The maximum atomic E-state index is 7.13. The molecule has 6 rings (SSSR count). The van der Waals surface area contributed by atoms with Crippen LogP contribution in [-0.2, 0) is 19.9 Å². The predicted octanol–water partition coefficient (Wildman–Crippen LogP) is 10.2. The number of benzene rings is 4. The van der Waals surface area contributed by atoms with Crippen LogP contribution >= 0.6 is 0 Å². The Bertz CT molecular complexity index is 1880. The van der Waals surface area contributed by atoms with Gasteiger partial charge in [-0.1, -0.05) is 65.8 Å². The fourth-order valence-corrected chi connectivity index (χ4v) is 7.13. The van der Waals surface area contributed by atoms with Crippen LogP contribution < -0.4 is 9.30 Å². The quantitative estimate of drug-likeness (QED) is 0.160. The summed E-state index contributed by atoms with van der Waals surface area (Å²) < 4.78 is 9.44. The fraction of sp³-hybridized carbons (Fsp3) is 0.395. The lowest BCUT2D eigenvalue weighted by atomic mass is 9.79. The molecule has 1 aromatic heterocycles. The number of ether oxygens (including phenoxy) is 1. The van der Waals surface area contributed by atoms with Gasteiger partial charge in [-0.2, -0.15) is 0 Å². The van der Waals surface area contributed by atoms with Crippen LogP contribution in [0.5, 0.6) is 11.5 Å². The molecule has 4 aromatic carbocycles. The average molecular weight is 531 g/mol. The van der Waals surface area contributed by atoms with Gasteiger partial charge in [0.15, 0.2) is 6.20 Å². The zero-order valence-corrected chi connectivity index (χ0v) is 26.3. The Morgan fingerprint density at radius 1 is 0.650 bits per heavy atom. The second-order valence-electron chi connectivity index (χ2n) is 14.6. The van der Waals surface area contributed by atoms with Crippen molar-refractivity contribution in [1.82, 2.24) is 0 Å². The van der Waals surface area contributed by atoms with Crippen molar-refractivity contribution in [3.8, 4) is 22.8 Å². The molecule has 0 fully saturated rings. The molecule has 1 aliphatic rings. The van der Waals surface area contributed by atoms with E-state index in [4.69, 9.17) is 4.74 Å². The van der Waals surface area contributed by atoms with Gasteiger partial charge in [0.1, 0.15) is 18.5 Å². The van der Waals surface area contributed by atoms with Gasteiger partial charge in [0, 0.05) is 17.0 Å². The summed E-state index contributed by atoms with van der Waals surface area (Å²) in [6.45, 7) is 23.2. The lowest BCUT2D eigenvalue weighted by Gasteiger charge is -2.29. The van der Waals surface area contributed by atoms with E-state index in [9.17, 15) is 0 Å². The molecule has 0 radical (unpaired) electrons. The normalized spacial score (nSPS) is 13.3. The van der Waals surface area contributed by atoms with Crippen molar-refractivity contribution in [3.05, 3.63) is 76.0 Å². The summed E-state index contributed by atoms with van der Waals surface area (Å²) in [6, 6.07) is 13.5. The minimum Gasteiger partial charge on any atom is -0.455 e. The molecular weight excluding hydrogens is 486 g/mol. The molecule has 5 aromatic rings. The van der Waals surface area contributed by atoms with Gasteiger partial charge in [-0.05, 0) is 107 Å². The largest absolute Gasteiger partial charge is 0.455 e. The number of hydrogen-bond donors (Lipinski definition) is 0. The summed E-state index contributed by atoms with van der Waals surface area (Å²) in [5.41, 5.74) is 11.2. The molecule has 40 heavy (non-hydrogen) atoms. The lowest BCUT2D eigenvalue weighted by Crippen LogP contribution is -2.32. The monoisotopic (exact) mass is 530 g/mol. The molecule has 0 N–H and O–H groups in total. The molecule has 2 nitrogen and oxygen atoms in total. The van der Waals surface area contributed by atoms with Crippen molar-refractivity contribution < 1.29 is 9.30 Å². The van der Waals surface area contributed by atoms with Crippen molar-refractivity contribution in [1.29, 1.82) is 0 Å². The molecule has 206 valence electrons. The molecule has 2 heterocycles. The third-order valence-corrected chi connectivity index (χ3v) is 9.03. The molecule has 0 saturated heterocycles. The van der Waals surface area contributed by atoms with Crippen molar-refractivity contribution >= 4 is 32.3 Å². The molecule has 0 spiro atoms. The van der Waals surface area contributed by atoms with Crippen LogP contribution in [0.3, 0.4) is 0 Å². The van der Waals surface area contributed by atoms with Crippen molar-refractivity contribution in [2.75, 3.05) is 0 Å². The molecule has 0 saturated carbocycles. The van der Waals surface area contributed by atoms with E-state index in [1.54, 1.807) is 0 Å². The molecule has 0 aliphatic carbocycles. The number of aryl methyl sites for hydroxylation is 4. The zero-order valence-electron chi connectivity index (χ0n) is 26.3. The third-order valence-electron chi connectivity index (χ3n) is 9.03. The highest BCUT2D eigenvalue weighted by molar-refractivity contribution is 6.18. The SMILES string of the molecule is Cc1c(CC(C)(C)C)c(C)c2cc3c4c([n+](C)ccc4c2c1C)-c1c(c(CC(C)(C)C)c2ccccc2c1C)O3. The third kappa shape index (κ3) is 4.02. The van der Waals surface area contributed by atoms with Crippen LogP contribution in [0.1, 0.15) is 74.9 Å². The zero-order chi connectivity index (χ0) is 28.9. The summed E-state index contributed by atoms with van der Waals surface area (Å²) in [5.74, 6) is 2.02. The van der Waals surface area contributed by atoms with Gasteiger partial charge in [-0.15, -0.1) is 0 Å². The van der Waals surface area contributed by atoms with Crippen molar-refractivity contribution in [2.24, 2.45) is 17.9 Å². The topological polar surface area (TPSA) is 13.1 Å². The second-order valence-corrected chi connectivity index (χ2v) is 14.6. The van der Waals surface area contributed by atoms with Crippen molar-refractivity contribution in [2.45, 2.75) is 82.1 Å². The van der Waals surface area contributed by atoms with Crippen LogP contribution in [0.15, 0.2) is 42.6 Å². The molecule has 0 unspecified atom stereocenters. The summed E-state index contributed by atoms with van der Waals surface area (Å²) in [5, 5.41) is 7.84. The van der Waals surface area contributed by atoms with Crippen LogP contribution in [0, 0.1) is 38.5 Å². The van der Waals surface area contributed by atoms with Gasteiger partial charge in [-0.25, -0.2) is 4.57 Å². The maximum Gasteiger partial charge on any atom is 0.228 e. The van der Waals surface area contributed by atoms with E-state index in [2.05, 4.69) is 123 Å². The van der Waals surface area contributed by atoms with E-state index in [1.807, 2.05) is 0 Å². The van der Waals surface area contributed by atoms with E-state index >= 15 is 0 Å². The molecular formula is C38H44NO+. The number of rotatable bonds is 2. The van der Waals surface area contributed by atoms with Gasteiger partial charge >= 0.3 is 0 Å². The minimum absolute atomic E-state index is 0.125. The Kier molecular flexibility index (Phi) is 5.90. The Morgan fingerprint density at radius 2 is 1.27 bits per heavy atom. The fourth-order valence-electron chi connectivity index (χ4n) is 7.13. The lowest BCUT2D eigenvalue weighted by molar-refractivity contribution is -0.659. The minimum atomic E-state index is 0.125. The number of aromatic nitrogens is 1. The standard InChI is InChI=1S/C38H44NO/c1-21-22(2)32-27-16-17-39(11)35-33-24(4)25-14-12-13-15-26(25)30(20-38(8,9)10)36(33)40-31(34(27)35)18-28(32)23(3)29(21)19-37(5,6)7/h12-18H,19-20H2,1-11H3/q+1. The van der Waals surface area contributed by atoms with Crippen LogP contribution in [0.4, 0.5) is 0 Å². The van der Waals surface area contributed by atoms with Crippen LogP contribution in [0.2, 0.25) is 0 Å². The molecule has 0 amide bonds. The number of hydrogen-bond acceptors (Lipinski definition) is 1. The van der Waals surface area contributed by atoms with Gasteiger partial charge in [0.25, 0.3) is 0 Å². The maximum absolute atomic E-state index is 7.13.